The van der Waals surface area contributed by atoms with Crippen LogP contribution in [0.2, 0.25) is 0 Å². The summed E-state index contributed by atoms with van der Waals surface area (Å²) >= 11 is 0. The molecule has 0 unspecified atom stereocenters. The van der Waals surface area contributed by atoms with Crippen molar-refractivity contribution in [2.45, 2.75) is 40.7 Å². The highest BCUT2D eigenvalue weighted by Crippen LogP contribution is 2.28. The third-order valence-electron chi connectivity index (χ3n) is 4.15. The fourth-order valence-corrected chi connectivity index (χ4v) is 3.14. The molecule has 0 atom stereocenters. The second-order valence-corrected chi connectivity index (χ2v) is 6.40. The van der Waals surface area contributed by atoms with Gasteiger partial charge >= 0.3 is 0 Å². The Hall–Kier alpha value is -1.64. The third kappa shape index (κ3) is 5.19. The Bertz CT molecular complexity index is 591. The van der Waals surface area contributed by atoms with Crippen LogP contribution in [0, 0.1) is 20.8 Å². The molecule has 0 heterocycles. The molecule has 0 radical (unpaired) electrons. The Balaban J connectivity index is 1.95. The van der Waals surface area contributed by atoms with E-state index >= 15 is 0 Å². The summed E-state index contributed by atoms with van der Waals surface area (Å²) in [6.07, 6.45) is 1.19. The maximum Gasteiger partial charge on any atom is 0.0206 e. The maximum atomic E-state index is 3.49. The van der Waals surface area contributed by atoms with E-state index in [2.05, 4.69) is 74.7 Å². The van der Waals surface area contributed by atoms with E-state index in [-0.39, 0.29) is 0 Å². The quantitative estimate of drug-likeness (QED) is 0.708. The molecule has 2 heteroatoms. The first-order valence-electron chi connectivity index (χ1n) is 8.70. The summed E-state index contributed by atoms with van der Waals surface area (Å²) in [6, 6.07) is 13.5. The summed E-state index contributed by atoms with van der Waals surface area (Å²) < 4.78 is 0. The van der Waals surface area contributed by atoms with Crippen molar-refractivity contribution in [3.05, 3.63) is 58.7 Å². The van der Waals surface area contributed by atoms with Crippen molar-refractivity contribution >= 4 is 0 Å². The molecule has 0 saturated carbocycles. The first-order valence-corrected chi connectivity index (χ1v) is 8.70. The normalized spacial score (nSPS) is 11.0. The lowest BCUT2D eigenvalue weighted by atomic mass is 9.93. The second kappa shape index (κ2) is 8.85. The van der Waals surface area contributed by atoms with Gasteiger partial charge in [0, 0.05) is 19.6 Å². The van der Waals surface area contributed by atoms with Gasteiger partial charge in [-0.1, -0.05) is 48.9 Å². The molecule has 0 saturated heterocycles. The van der Waals surface area contributed by atoms with Crippen LogP contribution in [-0.2, 0) is 6.54 Å². The number of hydrogen-bond acceptors (Lipinski definition) is 2. The first-order chi connectivity index (χ1) is 11.1. The number of aryl methyl sites for hydroxylation is 3. The van der Waals surface area contributed by atoms with Gasteiger partial charge in [0.1, 0.15) is 0 Å². The fraction of sp³-hybridized carbons (Fsp3) is 0.429. The Morgan fingerprint density at radius 3 is 2.00 bits per heavy atom. The van der Waals surface area contributed by atoms with Crippen molar-refractivity contribution < 1.29 is 0 Å². The van der Waals surface area contributed by atoms with Crippen LogP contribution in [-0.4, -0.2) is 19.6 Å². The largest absolute Gasteiger partial charge is 0.315 e. The van der Waals surface area contributed by atoms with Gasteiger partial charge in [0.2, 0.25) is 0 Å². The molecule has 124 valence electrons. The number of nitrogens with one attached hydrogen (secondary N) is 2. The zero-order valence-electron chi connectivity index (χ0n) is 15.0. The summed E-state index contributed by atoms with van der Waals surface area (Å²) in [7, 11) is 0. The fourth-order valence-electron chi connectivity index (χ4n) is 3.14. The molecule has 0 spiro atoms. The monoisotopic (exact) mass is 310 g/mol. The van der Waals surface area contributed by atoms with Gasteiger partial charge in [-0.15, -0.1) is 0 Å². The minimum Gasteiger partial charge on any atom is -0.315 e. The van der Waals surface area contributed by atoms with E-state index in [1.54, 1.807) is 0 Å². The summed E-state index contributed by atoms with van der Waals surface area (Å²) in [5.41, 5.74) is 8.07. The minimum absolute atomic E-state index is 0.931. The van der Waals surface area contributed by atoms with Gasteiger partial charge in [0.25, 0.3) is 0 Å². The van der Waals surface area contributed by atoms with Crippen LogP contribution in [0.15, 0.2) is 36.4 Å². The van der Waals surface area contributed by atoms with E-state index in [1.165, 1.54) is 39.8 Å². The van der Waals surface area contributed by atoms with Crippen LogP contribution in [0.1, 0.15) is 35.6 Å². The van der Waals surface area contributed by atoms with E-state index in [9.17, 15) is 0 Å². The second-order valence-electron chi connectivity index (χ2n) is 6.40. The standard InChI is InChI=1S/C21H30N2/c1-5-10-22-11-12-23-15-19-6-8-20(9-7-19)21-17(3)13-16(2)14-18(21)4/h6-9,13-14,22-23H,5,10-12,15H2,1-4H3. The lowest BCUT2D eigenvalue weighted by Crippen LogP contribution is -2.27. The summed E-state index contributed by atoms with van der Waals surface area (Å²) in [5, 5.41) is 6.89. The summed E-state index contributed by atoms with van der Waals surface area (Å²) in [6.45, 7) is 12.8. The third-order valence-corrected chi connectivity index (χ3v) is 4.15. The molecular formula is C21H30N2. The van der Waals surface area contributed by atoms with Crippen LogP contribution >= 0.6 is 0 Å². The van der Waals surface area contributed by atoms with Gasteiger partial charge in [-0.25, -0.2) is 0 Å². The molecule has 0 aliphatic carbocycles. The van der Waals surface area contributed by atoms with Crippen molar-refractivity contribution in [2.24, 2.45) is 0 Å². The van der Waals surface area contributed by atoms with Gasteiger partial charge in [-0.2, -0.15) is 0 Å². The predicted octanol–water partition coefficient (Wildman–Crippen LogP) is 4.37. The number of benzene rings is 2. The molecule has 2 aromatic carbocycles. The molecule has 0 amide bonds. The highest BCUT2D eigenvalue weighted by atomic mass is 14.9. The molecule has 23 heavy (non-hydrogen) atoms. The number of hydrogen-bond donors (Lipinski definition) is 2. The Kier molecular flexibility index (Phi) is 6.82. The Morgan fingerprint density at radius 2 is 1.39 bits per heavy atom. The van der Waals surface area contributed by atoms with Crippen molar-refractivity contribution in [3.63, 3.8) is 0 Å². The highest BCUT2D eigenvalue weighted by Gasteiger charge is 2.06. The average Bonchev–Trinajstić information content (AvgIpc) is 2.51. The van der Waals surface area contributed by atoms with E-state index < -0.39 is 0 Å². The molecule has 0 bridgehead atoms. The van der Waals surface area contributed by atoms with E-state index in [0.29, 0.717) is 0 Å². The smallest absolute Gasteiger partial charge is 0.0206 e. The van der Waals surface area contributed by atoms with Crippen molar-refractivity contribution in [2.75, 3.05) is 19.6 Å². The molecule has 2 rings (SSSR count). The Morgan fingerprint density at radius 1 is 0.783 bits per heavy atom. The Labute approximate surface area is 141 Å². The lowest BCUT2D eigenvalue weighted by Gasteiger charge is -2.12. The molecule has 2 N–H and O–H groups in total. The number of rotatable bonds is 8. The molecule has 0 fully saturated rings. The van der Waals surface area contributed by atoms with E-state index in [4.69, 9.17) is 0 Å². The van der Waals surface area contributed by atoms with Crippen molar-refractivity contribution in [3.8, 4) is 11.1 Å². The molecule has 0 aliphatic heterocycles. The van der Waals surface area contributed by atoms with Crippen LogP contribution in [0.25, 0.3) is 11.1 Å². The van der Waals surface area contributed by atoms with Crippen molar-refractivity contribution in [1.29, 1.82) is 0 Å². The maximum absolute atomic E-state index is 3.49. The van der Waals surface area contributed by atoms with Gasteiger partial charge in [-0.3, -0.25) is 0 Å². The van der Waals surface area contributed by atoms with Gasteiger partial charge in [-0.05, 0) is 61.6 Å². The van der Waals surface area contributed by atoms with Crippen LogP contribution in [0.3, 0.4) is 0 Å². The van der Waals surface area contributed by atoms with Gasteiger partial charge in [0.15, 0.2) is 0 Å². The minimum atomic E-state index is 0.931. The van der Waals surface area contributed by atoms with Crippen molar-refractivity contribution in [1.82, 2.24) is 10.6 Å². The van der Waals surface area contributed by atoms with Gasteiger partial charge < -0.3 is 10.6 Å². The predicted molar refractivity (Wildman–Crippen MR) is 101 cm³/mol. The zero-order chi connectivity index (χ0) is 16.7. The lowest BCUT2D eigenvalue weighted by molar-refractivity contribution is 0.607. The molecule has 2 aromatic rings. The molecule has 0 aromatic heterocycles. The highest BCUT2D eigenvalue weighted by molar-refractivity contribution is 5.71. The van der Waals surface area contributed by atoms with Crippen LogP contribution < -0.4 is 10.6 Å². The average molecular weight is 310 g/mol. The topological polar surface area (TPSA) is 24.1 Å². The SMILES string of the molecule is CCCNCCNCc1ccc(-c2c(C)cc(C)cc2C)cc1. The molecule has 2 nitrogen and oxygen atoms in total. The summed E-state index contributed by atoms with van der Waals surface area (Å²) in [5.74, 6) is 0. The van der Waals surface area contributed by atoms with E-state index in [0.717, 1.165) is 26.2 Å². The van der Waals surface area contributed by atoms with Gasteiger partial charge in [0.05, 0.1) is 0 Å². The summed E-state index contributed by atoms with van der Waals surface area (Å²) in [4.78, 5) is 0. The zero-order valence-corrected chi connectivity index (χ0v) is 15.0. The van der Waals surface area contributed by atoms with E-state index in [1.807, 2.05) is 0 Å². The molecule has 0 aliphatic rings. The molecular weight excluding hydrogens is 280 g/mol. The van der Waals surface area contributed by atoms with Crippen LogP contribution in [0.4, 0.5) is 0 Å². The first kappa shape index (κ1) is 17.7. The van der Waals surface area contributed by atoms with Crippen LogP contribution in [0.5, 0.6) is 0 Å².